The summed E-state index contributed by atoms with van der Waals surface area (Å²) in [7, 11) is 1.95. The lowest BCUT2D eigenvalue weighted by atomic mass is 9.96. The van der Waals surface area contributed by atoms with Gasteiger partial charge < -0.3 is 19.3 Å². The summed E-state index contributed by atoms with van der Waals surface area (Å²) in [4.78, 5) is 4.50. The molecule has 1 aromatic rings. The molecule has 1 aliphatic heterocycles. The molecule has 2 heterocycles. The van der Waals surface area contributed by atoms with Crippen molar-refractivity contribution in [2.75, 3.05) is 26.9 Å². The minimum atomic E-state index is -0.527. The molecule has 108 valence electrons. The van der Waals surface area contributed by atoms with E-state index in [0.717, 1.165) is 13.0 Å². The molecule has 1 aliphatic rings. The van der Waals surface area contributed by atoms with Gasteiger partial charge in [0.2, 0.25) is 11.7 Å². The van der Waals surface area contributed by atoms with Crippen molar-refractivity contribution in [2.45, 2.75) is 44.8 Å². The molecule has 1 saturated heterocycles. The normalized spacial score (nSPS) is 24.6. The average Bonchev–Trinajstić information content (AvgIpc) is 2.89. The SMILES string of the molecule is CCOC(C)(C)c1noc(C2COCCC2NC)n1. The summed E-state index contributed by atoms with van der Waals surface area (Å²) < 4.78 is 16.6. The van der Waals surface area contributed by atoms with E-state index in [2.05, 4.69) is 15.5 Å². The molecule has 1 N–H and O–H groups in total. The highest BCUT2D eigenvalue weighted by atomic mass is 16.5. The monoisotopic (exact) mass is 269 g/mol. The Labute approximate surface area is 113 Å². The van der Waals surface area contributed by atoms with E-state index in [1.165, 1.54) is 0 Å². The molecule has 0 aromatic carbocycles. The maximum absolute atomic E-state index is 5.64. The van der Waals surface area contributed by atoms with Gasteiger partial charge in [0.1, 0.15) is 5.60 Å². The van der Waals surface area contributed by atoms with Crippen molar-refractivity contribution >= 4 is 0 Å². The zero-order valence-electron chi connectivity index (χ0n) is 12.1. The summed E-state index contributed by atoms with van der Waals surface area (Å²) in [5.41, 5.74) is -0.527. The van der Waals surface area contributed by atoms with Crippen molar-refractivity contribution in [1.82, 2.24) is 15.5 Å². The van der Waals surface area contributed by atoms with Crippen molar-refractivity contribution in [3.8, 4) is 0 Å². The Balaban J connectivity index is 2.15. The highest BCUT2D eigenvalue weighted by Gasteiger charge is 2.33. The quantitative estimate of drug-likeness (QED) is 0.872. The van der Waals surface area contributed by atoms with Crippen molar-refractivity contribution in [3.63, 3.8) is 0 Å². The van der Waals surface area contributed by atoms with Gasteiger partial charge in [0.15, 0.2) is 0 Å². The molecular weight excluding hydrogens is 246 g/mol. The van der Waals surface area contributed by atoms with Crippen LogP contribution in [0.25, 0.3) is 0 Å². The molecule has 6 nitrogen and oxygen atoms in total. The fourth-order valence-corrected chi connectivity index (χ4v) is 2.38. The van der Waals surface area contributed by atoms with E-state index in [1.54, 1.807) is 0 Å². The van der Waals surface area contributed by atoms with Gasteiger partial charge in [-0.25, -0.2) is 0 Å². The molecule has 0 bridgehead atoms. The second-order valence-electron chi connectivity index (χ2n) is 5.26. The van der Waals surface area contributed by atoms with Crippen LogP contribution in [-0.2, 0) is 15.1 Å². The smallest absolute Gasteiger partial charge is 0.233 e. The summed E-state index contributed by atoms with van der Waals surface area (Å²) >= 11 is 0. The number of likely N-dealkylation sites (N-methyl/N-ethyl adjacent to an activating group) is 1. The third-order valence-corrected chi connectivity index (χ3v) is 3.53. The molecule has 0 radical (unpaired) electrons. The first-order chi connectivity index (χ1) is 9.08. The van der Waals surface area contributed by atoms with E-state index < -0.39 is 5.60 Å². The minimum absolute atomic E-state index is 0.109. The van der Waals surface area contributed by atoms with Crippen molar-refractivity contribution in [1.29, 1.82) is 0 Å². The molecule has 0 aliphatic carbocycles. The summed E-state index contributed by atoms with van der Waals surface area (Å²) in [6.07, 6.45) is 0.952. The first kappa shape index (κ1) is 14.4. The molecular formula is C13H23N3O3. The lowest BCUT2D eigenvalue weighted by Gasteiger charge is -2.28. The van der Waals surface area contributed by atoms with E-state index in [4.69, 9.17) is 14.0 Å². The number of nitrogens with one attached hydrogen (secondary N) is 1. The second-order valence-corrected chi connectivity index (χ2v) is 5.26. The molecule has 2 unspecified atom stereocenters. The summed E-state index contributed by atoms with van der Waals surface area (Å²) in [6, 6.07) is 0.317. The van der Waals surface area contributed by atoms with Crippen LogP contribution in [0.2, 0.25) is 0 Å². The summed E-state index contributed by atoms with van der Waals surface area (Å²) in [5, 5.41) is 7.34. The fraction of sp³-hybridized carbons (Fsp3) is 0.846. The third-order valence-electron chi connectivity index (χ3n) is 3.53. The Morgan fingerprint density at radius 1 is 1.47 bits per heavy atom. The second kappa shape index (κ2) is 5.98. The van der Waals surface area contributed by atoms with Crippen LogP contribution in [0.5, 0.6) is 0 Å². The molecule has 0 spiro atoms. The van der Waals surface area contributed by atoms with E-state index in [0.29, 0.717) is 31.0 Å². The van der Waals surface area contributed by atoms with E-state index in [1.807, 2.05) is 27.8 Å². The number of rotatable bonds is 5. The first-order valence-electron chi connectivity index (χ1n) is 6.81. The standard InChI is InChI=1S/C13H23N3O3/c1-5-18-13(2,3)12-15-11(19-16-12)9-8-17-7-6-10(9)14-4/h9-10,14H,5-8H2,1-4H3. The Morgan fingerprint density at radius 3 is 2.95 bits per heavy atom. The molecule has 1 fully saturated rings. The van der Waals surface area contributed by atoms with E-state index in [9.17, 15) is 0 Å². The first-order valence-corrected chi connectivity index (χ1v) is 6.81. The fourth-order valence-electron chi connectivity index (χ4n) is 2.38. The molecule has 0 amide bonds. The number of hydrogen-bond donors (Lipinski definition) is 1. The predicted molar refractivity (Wildman–Crippen MR) is 70.0 cm³/mol. The Kier molecular flexibility index (Phi) is 4.54. The summed E-state index contributed by atoms with van der Waals surface area (Å²) in [6.45, 7) is 7.84. The highest BCUT2D eigenvalue weighted by Crippen LogP contribution is 2.28. The highest BCUT2D eigenvalue weighted by molar-refractivity contribution is 5.04. The van der Waals surface area contributed by atoms with Gasteiger partial charge in [-0.1, -0.05) is 5.16 Å². The van der Waals surface area contributed by atoms with Crippen LogP contribution in [0.15, 0.2) is 4.52 Å². The predicted octanol–water partition coefficient (Wildman–Crippen LogP) is 1.43. The lowest BCUT2D eigenvalue weighted by molar-refractivity contribution is -0.0221. The van der Waals surface area contributed by atoms with Crippen molar-refractivity contribution in [2.24, 2.45) is 0 Å². The zero-order chi connectivity index (χ0) is 13.9. The van der Waals surface area contributed by atoms with Gasteiger partial charge >= 0.3 is 0 Å². The number of hydrogen-bond acceptors (Lipinski definition) is 6. The molecule has 19 heavy (non-hydrogen) atoms. The lowest BCUT2D eigenvalue weighted by Crippen LogP contribution is -2.39. The van der Waals surface area contributed by atoms with Crippen LogP contribution in [0.4, 0.5) is 0 Å². The van der Waals surface area contributed by atoms with Crippen LogP contribution in [0.1, 0.15) is 44.8 Å². The summed E-state index contributed by atoms with van der Waals surface area (Å²) in [5.74, 6) is 1.32. The number of aromatic nitrogens is 2. The van der Waals surface area contributed by atoms with Crippen LogP contribution in [-0.4, -0.2) is 43.1 Å². The number of ether oxygens (including phenoxy) is 2. The average molecular weight is 269 g/mol. The van der Waals surface area contributed by atoms with Crippen LogP contribution in [0.3, 0.4) is 0 Å². The van der Waals surface area contributed by atoms with Gasteiger partial charge in [0.05, 0.1) is 12.5 Å². The Morgan fingerprint density at radius 2 is 2.26 bits per heavy atom. The van der Waals surface area contributed by atoms with Crippen LogP contribution >= 0.6 is 0 Å². The largest absolute Gasteiger partial charge is 0.381 e. The molecule has 2 rings (SSSR count). The molecule has 0 saturated carbocycles. The molecule has 2 atom stereocenters. The number of nitrogens with zero attached hydrogens (tertiary/aromatic N) is 2. The van der Waals surface area contributed by atoms with Gasteiger partial charge in [-0.3, -0.25) is 0 Å². The topological polar surface area (TPSA) is 69.4 Å². The van der Waals surface area contributed by atoms with Crippen molar-refractivity contribution < 1.29 is 14.0 Å². The zero-order valence-corrected chi connectivity index (χ0v) is 12.1. The van der Waals surface area contributed by atoms with Gasteiger partial charge in [0.25, 0.3) is 0 Å². The maximum atomic E-state index is 5.64. The minimum Gasteiger partial charge on any atom is -0.381 e. The third kappa shape index (κ3) is 3.13. The van der Waals surface area contributed by atoms with Gasteiger partial charge in [-0.05, 0) is 34.2 Å². The van der Waals surface area contributed by atoms with Gasteiger partial charge in [-0.2, -0.15) is 4.98 Å². The van der Waals surface area contributed by atoms with Gasteiger partial charge in [0, 0.05) is 19.3 Å². The Hall–Kier alpha value is -0.980. The van der Waals surface area contributed by atoms with E-state index >= 15 is 0 Å². The molecule has 6 heteroatoms. The van der Waals surface area contributed by atoms with Crippen molar-refractivity contribution in [3.05, 3.63) is 11.7 Å². The molecule has 1 aromatic heterocycles. The van der Waals surface area contributed by atoms with Crippen LogP contribution < -0.4 is 5.32 Å². The van der Waals surface area contributed by atoms with Gasteiger partial charge in [-0.15, -0.1) is 0 Å². The Bertz CT molecular complexity index is 406. The maximum Gasteiger partial charge on any atom is 0.233 e. The van der Waals surface area contributed by atoms with Crippen LogP contribution in [0, 0.1) is 0 Å². The van der Waals surface area contributed by atoms with E-state index in [-0.39, 0.29) is 5.92 Å².